The van der Waals surface area contributed by atoms with E-state index in [1.165, 1.54) is 36.4 Å². The van der Waals surface area contributed by atoms with E-state index in [4.69, 9.17) is 13.9 Å². The van der Waals surface area contributed by atoms with Crippen LogP contribution in [-0.2, 0) is 14.3 Å². The van der Waals surface area contributed by atoms with Crippen LogP contribution in [0.25, 0.3) is 28.4 Å². The molecule has 3 aromatic carbocycles. The predicted molar refractivity (Wildman–Crippen MR) is 148 cm³/mol. The van der Waals surface area contributed by atoms with Crippen molar-refractivity contribution in [3.63, 3.8) is 0 Å². The molecule has 5 rings (SSSR count). The number of carbonyl (C=O) groups is 1. The summed E-state index contributed by atoms with van der Waals surface area (Å²) >= 11 is 0. The lowest BCUT2D eigenvalue weighted by Gasteiger charge is -2.41. The summed E-state index contributed by atoms with van der Waals surface area (Å²) in [7, 11) is 0. The van der Waals surface area contributed by atoms with Gasteiger partial charge in [-0.25, -0.2) is 4.79 Å². The zero-order chi connectivity index (χ0) is 31.0. The summed E-state index contributed by atoms with van der Waals surface area (Å²) in [5.74, 6) is -3.51. The van der Waals surface area contributed by atoms with Gasteiger partial charge in [0.25, 0.3) is 0 Å². The Morgan fingerprint density at radius 1 is 0.860 bits per heavy atom. The minimum Gasteiger partial charge on any atom is -0.508 e. The summed E-state index contributed by atoms with van der Waals surface area (Å²) in [6.45, 7) is -0.797. The van der Waals surface area contributed by atoms with E-state index in [0.29, 0.717) is 5.56 Å². The van der Waals surface area contributed by atoms with Gasteiger partial charge in [0.15, 0.2) is 28.6 Å². The van der Waals surface area contributed by atoms with Gasteiger partial charge in [0, 0.05) is 23.8 Å². The van der Waals surface area contributed by atoms with Crippen LogP contribution in [-0.4, -0.2) is 77.8 Å². The zero-order valence-electron chi connectivity index (χ0n) is 22.1. The van der Waals surface area contributed by atoms with Crippen LogP contribution in [0.15, 0.2) is 69.9 Å². The van der Waals surface area contributed by atoms with Crippen LogP contribution < -0.4 is 5.43 Å². The maximum atomic E-state index is 13.1. The standard InChI is InChI=1S/C30H26O13/c31-12-22-26(39)27(40)30(43-23(38)8-3-13-1-5-15(32)6-2-13)29(42-22)25-19(36)10-18(35)24-20(37)11-21(41-28(24)25)14-4-7-16(33)17(34)9-14/h1-11,22,26-27,29-36,39-40H,12H2/b8-3+/t22-,26-,27+,29+,30-/m1/s1. The molecule has 0 radical (unpaired) electrons. The predicted octanol–water partition coefficient (Wildman–Crippen LogP) is 1.77. The van der Waals surface area contributed by atoms with Crippen molar-refractivity contribution in [1.29, 1.82) is 0 Å². The van der Waals surface area contributed by atoms with Crippen LogP contribution in [0.5, 0.6) is 28.7 Å². The van der Waals surface area contributed by atoms with Crippen molar-refractivity contribution in [2.75, 3.05) is 6.61 Å². The topological polar surface area (TPSA) is 228 Å². The first-order valence-electron chi connectivity index (χ1n) is 12.8. The zero-order valence-corrected chi connectivity index (χ0v) is 22.1. The first-order chi connectivity index (χ1) is 20.5. The first kappa shape index (κ1) is 29.4. The monoisotopic (exact) mass is 594 g/mol. The highest BCUT2D eigenvalue weighted by Gasteiger charge is 2.49. The summed E-state index contributed by atoms with van der Waals surface area (Å²) in [5.41, 5.74) is -0.955. The molecular weight excluding hydrogens is 568 g/mol. The fourth-order valence-corrected chi connectivity index (χ4v) is 4.79. The van der Waals surface area contributed by atoms with Crippen LogP contribution in [0, 0.1) is 0 Å². The molecule has 224 valence electrons. The third-order valence-electron chi connectivity index (χ3n) is 6.97. The molecular formula is C30H26O13. The molecule has 0 amide bonds. The van der Waals surface area contributed by atoms with Gasteiger partial charge in [0.2, 0.25) is 0 Å². The highest BCUT2D eigenvalue weighted by molar-refractivity contribution is 5.90. The van der Waals surface area contributed by atoms with Crippen molar-refractivity contribution >= 4 is 23.0 Å². The Morgan fingerprint density at radius 3 is 2.26 bits per heavy atom. The van der Waals surface area contributed by atoms with E-state index in [0.717, 1.165) is 30.3 Å². The molecule has 13 nitrogen and oxygen atoms in total. The van der Waals surface area contributed by atoms with E-state index >= 15 is 0 Å². The SMILES string of the molecule is O=C(/C=C/c1ccc(O)cc1)O[C@@H]1[C@@H](O)[C@H](O)[C@@H](CO)O[C@H]1c1c(O)cc(O)c2c(=O)cc(-c3ccc(O)c(O)c3)oc12. The molecule has 0 unspecified atom stereocenters. The summed E-state index contributed by atoms with van der Waals surface area (Å²) in [4.78, 5) is 25.9. The quantitative estimate of drug-likeness (QED) is 0.0905. The van der Waals surface area contributed by atoms with Gasteiger partial charge in [0.1, 0.15) is 52.8 Å². The van der Waals surface area contributed by atoms with Crippen LogP contribution >= 0.6 is 0 Å². The minimum absolute atomic E-state index is 0.00965. The molecule has 5 atom stereocenters. The number of hydrogen-bond donors (Lipinski definition) is 8. The van der Waals surface area contributed by atoms with Crippen LogP contribution in [0.1, 0.15) is 17.2 Å². The summed E-state index contributed by atoms with van der Waals surface area (Å²) in [6.07, 6.45) is -6.08. The number of hydrogen-bond acceptors (Lipinski definition) is 13. The first-order valence-corrected chi connectivity index (χ1v) is 12.8. The maximum absolute atomic E-state index is 13.1. The molecule has 1 fully saturated rings. The molecule has 1 aromatic heterocycles. The number of rotatable bonds is 6. The Morgan fingerprint density at radius 2 is 1.58 bits per heavy atom. The highest BCUT2D eigenvalue weighted by Crippen LogP contribution is 2.45. The summed E-state index contributed by atoms with van der Waals surface area (Å²) in [6, 6.07) is 11.2. The average molecular weight is 595 g/mol. The second-order valence-electron chi connectivity index (χ2n) is 9.80. The van der Waals surface area contributed by atoms with Gasteiger partial charge < -0.3 is 54.7 Å². The highest BCUT2D eigenvalue weighted by atomic mass is 16.6. The molecule has 1 aliphatic heterocycles. The van der Waals surface area contributed by atoms with Crippen molar-refractivity contribution in [2.24, 2.45) is 0 Å². The molecule has 8 N–H and O–H groups in total. The van der Waals surface area contributed by atoms with Gasteiger partial charge in [-0.3, -0.25) is 4.79 Å². The number of carbonyl (C=O) groups excluding carboxylic acids is 1. The van der Waals surface area contributed by atoms with Gasteiger partial charge in [-0.05, 0) is 42.0 Å². The van der Waals surface area contributed by atoms with E-state index < -0.39 is 82.5 Å². The van der Waals surface area contributed by atoms with Crippen molar-refractivity contribution in [1.82, 2.24) is 0 Å². The number of aromatic hydroxyl groups is 5. The molecule has 43 heavy (non-hydrogen) atoms. The largest absolute Gasteiger partial charge is 0.508 e. The fourth-order valence-electron chi connectivity index (χ4n) is 4.79. The summed E-state index contributed by atoms with van der Waals surface area (Å²) < 4.78 is 17.1. The molecule has 0 bridgehead atoms. The van der Waals surface area contributed by atoms with E-state index in [1.54, 1.807) is 0 Å². The lowest BCUT2D eigenvalue weighted by atomic mass is 9.89. The number of esters is 1. The molecule has 4 aromatic rings. The fraction of sp³-hybridized carbons (Fsp3) is 0.200. The van der Waals surface area contributed by atoms with Crippen molar-refractivity contribution < 1.29 is 59.5 Å². The minimum atomic E-state index is -1.87. The third-order valence-corrected chi connectivity index (χ3v) is 6.97. The molecule has 1 aliphatic rings. The molecule has 0 saturated carbocycles. The number of fused-ring (bicyclic) bond motifs is 1. The Kier molecular flexibility index (Phi) is 7.98. The Balaban J connectivity index is 1.62. The van der Waals surface area contributed by atoms with E-state index in [2.05, 4.69) is 0 Å². The lowest BCUT2D eigenvalue weighted by molar-refractivity contribution is -0.239. The number of aliphatic hydroxyl groups is 3. The number of ether oxygens (including phenoxy) is 2. The van der Waals surface area contributed by atoms with Crippen LogP contribution in [0.3, 0.4) is 0 Å². The maximum Gasteiger partial charge on any atom is 0.331 e. The van der Waals surface area contributed by atoms with Gasteiger partial charge in [-0.15, -0.1) is 0 Å². The normalized spacial score (nSPS) is 22.2. The van der Waals surface area contributed by atoms with E-state index in [-0.39, 0.29) is 22.6 Å². The van der Waals surface area contributed by atoms with Gasteiger partial charge in [-0.1, -0.05) is 12.1 Å². The smallest absolute Gasteiger partial charge is 0.331 e. The van der Waals surface area contributed by atoms with Crippen molar-refractivity contribution in [3.8, 4) is 40.1 Å². The van der Waals surface area contributed by atoms with Gasteiger partial charge in [-0.2, -0.15) is 0 Å². The van der Waals surface area contributed by atoms with Crippen LogP contribution in [0.2, 0.25) is 0 Å². The number of phenolic OH excluding ortho intramolecular Hbond substituents is 5. The van der Waals surface area contributed by atoms with Crippen molar-refractivity contribution in [3.05, 3.63) is 82.0 Å². The van der Waals surface area contributed by atoms with Crippen LogP contribution in [0.4, 0.5) is 0 Å². The van der Waals surface area contributed by atoms with E-state index in [9.17, 15) is 50.4 Å². The second-order valence-corrected chi connectivity index (χ2v) is 9.80. The molecule has 2 heterocycles. The molecule has 0 aliphatic carbocycles. The molecule has 13 heteroatoms. The second kappa shape index (κ2) is 11.7. The Labute approximate surface area is 242 Å². The average Bonchev–Trinajstić information content (AvgIpc) is 2.97. The number of aliphatic hydroxyl groups excluding tert-OH is 3. The molecule has 1 saturated heterocycles. The lowest BCUT2D eigenvalue weighted by Crippen LogP contribution is -2.56. The number of benzene rings is 3. The Hall–Kier alpha value is -5.08. The third kappa shape index (κ3) is 5.69. The van der Waals surface area contributed by atoms with E-state index in [1.807, 2.05) is 0 Å². The van der Waals surface area contributed by atoms with Crippen molar-refractivity contribution in [2.45, 2.75) is 30.5 Å². The van der Waals surface area contributed by atoms with Gasteiger partial charge >= 0.3 is 5.97 Å². The Bertz CT molecular complexity index is 1760. The summed E-state index contributed by atoms with van der Waals surface area (Å²) in [5, 5.41) is 81.4. The molecule has 0 spiro atoms. The number of phenols is 5. The van der Waals surface area contributed by atoms with Gasteiger partial charge in [0.05, 0.1) is 12.2 Å².